The van der Waals surface area contributed by atoms with Gasteiger partial charge >= 0.3 is 0 Å². The molecule has 2 unspecified atom stereocenters. The van der Waals surface area contributed by atoms with Crippen LogP contribution in [0.4, 0.5) is 0 Å². The lowest BCUT2D eigenvalue weighted by atomic mass is 9.71. The van der Waals surface area contributed by atoms with Gasteiger partial charge in [0.15, 0.2) is 0 Å². The zero-order valence-electron chi connectivity index (χ0n) is 11.9. The molecule has 3 fully saturated rings. The highest BCUT2D eigenvalue weighted by Crippen LogP contribution is 2.44. The van der Waals surface area contributed by atoms with Gasteiger partial charge in [0.2, 0.25) is 0 Å². The van der Waals surface area contributed by atoms with Crippen molar-refractivity contribution >= 4 is 0 Å². The minimum atomic E-state index is 0.449. The summed E-state index contributed by atoms with van der Waals surface area (Å²) in [6, 6.07) is 0.834. The van der Waals surface area contributed by atoms with Crippen LogP contribution in [-0.4, -0.2) is 25.3 Å². The monoisotopic (exact) mass is 251 g/mol. The molecule has 1 heterocycles. The van der Waals surface area contributed by atoms with Crippen molar-refractivity contribution in [2.24, 2.45) is 11.3 Å². The van der Waals surface area contributed by atoms with Gasteiger partial charge in [-0.1, -0.05) is 32.1 Å². The van der Waals surface area contributed by atoms with Crippen LogP contribution in [0.3, 0.4) is 0 Å². The van der Waals surface area contributed by atoms with Crippen molar-refractivity contribution < 1.29 is 4.74 Å². The Morgan fingerprint density at radius 2 is 1.89 bits per heavy atom. The molecule has 0 bridgehead atoms. The average Bonchev–Trinajstić information content (AvgIpc) is 3.15. The van der Waals surface area contributed by atoms with Gasteiger partial charge in [-0.25, -0.2) is 0 Å². The van der Waals surface area contributed by atoms with E-state index in [0.717, 1.165) is 18.6 Å². The van der Waals surface area contributed by atoms with E-state index in [9.17, 15) is 0 Å². The third-order valence-electron chi connectivity index (χ3n) is 5.57. The minimum Gasteiger partial charge on any atom is -0.378 e. The van der Waals surface area contributed by atoms with Crippen molar-refractivity contribution in [2.45, 2.75) is 76.9 Å². The SMILES string of the molecule is CC1OCCC1(CNC1CC1)CC1CCCCC1. The fraction of sp³-hybridized carbons (Fsp3) is 1.00. The molecule has 104 valence electrons. The standard InChI is InChI=1S/C16H29NO/c1-13-16(9-10-18-13,12-17-15-7-8-15)11-14-5-3-2-4-6-14/h13-15,17H,2-12H2,1H3. The van der Waals surface area contributed by atoms with Crippen molar-refractivity contribution in [3.63, 3.8) is 0 Å². The average molecular weight is 251 g/mol. The van der Waals surface area contributed by atoms with E-state index in [1.165, 1.54) is 64.3 Å². The molecule has 0 spiro atoms. The predicted octanol–water partition coefficient (Wildman–Crippen LogP) is 3.50. The molecule has 3 rings (SSSR count). The van der Waals surface area contributed by atoms with Gasteiger partial charge < -0.3 is 10.1 Å². The van der Waals surface area contributed by atoms with Gasteiger partial charge in [0.1, 0.15) is 0 Å². The van der Waals surface area contributed by atoms with Gasteiger partial charge in [-0.2, -0.15) is 0 Å². The van der Waals surface area contributed by atoms with Crippen molar-refractivity contribution in [1.82, 2.24) is 5.32 Å². The Morgan fingerprint density at radius 1 is 1.11 bits per heavy atom. The normalized spacial score (nSPS) is 38.2. The molecule has 0 aromatic rings. The van der Waals surface area contributed by atoms with Gasteiger partial charge in [-0.3, -0.25) is 0 Å². The first kappa shape index (κ1) is 12.9. The molecule has 2 atom stereocenters. The van der Waals surface area contributed by atoms with E-state index >= 15 is 0 Å². The zero-order chi connectivity index (χ0) is 12.4. The minimum absolute atomic E-state index is 0.449. The maximum absolute atomic E-state index is 5.92. The molecule has 2 saturated carbocycles. The Bertz CT molecular complexity index is 270. The number of ether oxygens (including phenoxy) is 1. The van der Waals surface area contributed by atoms with Crippen LogP contribution in [0.15, 0.2) is 0 Å². The quantitative estimate of drug-likeness (QED) is 0.807. The van der Waals surface area contributed by atoms with Crippen molar-refractivity contribution in [2.75, 3.05) is 13.2 Å². The summed E-state index contributed by atoms with van der Waals surface area (Å²) in [6.07, 6.45) is 13.3. The number of rotatable bonds is 5. The summed E-state index contributed by atoms with van der Waals surface area (Å²) < 4.78 is 5.92. The molecule has 2 aliphatic carbocycles. The molecule has 0 aromatic carbocycles. The van der Waals surface area contributed by atoms with Crippen LogP contribution in [0, 0.1) is 11.3 Å². The molecular formula is C16H29NO. The van der Waals surface area contributed by atoms with Crippen LogP contribution < -0.4 is 5.32 Å². The van der Waals surface area contributed by atoms with Crippen LogP contribution in [0.5, 0.6) is 0 Å². The topological polar surface area (TPSA) is 21.3 Å². The second kappa shape index (κ2) is 5.50. The summed E-state index contributed by atoms with van der Waals surface area (Å²) in [5, 5.41) is 3.78. The van der Waals surface area contributed by atoms with E-state index in [1.54, 1.807) is 0 Å². The molecule has 0 radical (unpaired) electrons. The van der Waals surface area contributed by atoms with E-state index in [1.807, 2.05) is 0 Å². The highest BCUT2D eigenvalue weighted by atomic mass is 16.5. The Morgan fingerprint density at radius 3 is 2.50 bits per heavy atom. The van der Waals surface area contributed by atoms with Gasteiger partial charge in [-0.15, -0.1) is 0 Å². The molecule has 2 nitrogen and oxygen atoms in total. The molecular weight excluding hydrogens is 222 g/mol. The zero-order valence-corrected chi connectivity index (χ0v) is 11.9. The summed E-state index contributed by atoms with van der Waals surface area (Å²) in [5.74, 6) is 0.976. The van der Waals surface area contributed by atoms with Crippen molar-refractivity contribution in [3.05, 3.63) is 0 Å². The van der Waals surface area contributed by atoms with Crippen LogP contribution in [0.2, 0.25) is 0 Å². The van der Waals surface area contributed by atoms with Crippen LogP contribution in [0.1, 0.15) is 64.7 Å². The molecule has 1 aliphatic heterocycles. The Kier molecular flexibility index (Phi) is 3.95. The first-order chi connectivity index (χ1) is 8.78. The first-order valence-corrected chi connectivity index (χ1v) is 8.13. The largest absolute Gasteiger partial charge is 0.378 e. The highest BCUT2D eigenvalue weighted by molar-refractivity contribution is 4.95. The Labute approximate surface area is 112 Å². The Hall–Kier alpha value is -0.0800. The molecule has 0 amide bonds. The van der Waals surface area contributed by atoms with Crippen LogP contribution in [0.25, 0.3) is 0 Å². The van der Waals surface area contributed by atoms with E-state index in [2.05, 4.69) is 12.2 Å². The number of nitrogens with one attached hydrogen (secondary N) is 1. The van der Waals surface area contributed by atoms with Crippen molar-refractivity contribution in [3.8, 4) is 0 Å². The molecule has 3 aliphatic rings. The third-order valence-corrected chi connectivity index (χ3v) is 5.57. The van der Waals surface area contributed by atoms with E-state index in [0.29, 0.717) is 11.5 Å². The smallest absolute Gasteiger partial charge is 0.0616 e. The molecule has 1 saturated heterocycles. The van der Waals surface area contributed by atoms with Gasteiger partial charge in [-0.05, 0) is 38.5 Å². The molecule has 1 N–H and O–H groups in total. The summed E-state index contributed by atoms with van der Waals surface area (Å²) >= 11 is 0. The predicted molar refractivity (Wildman–Crippen MR) is 74.7 cm³/mol. The van der Waals surface area contributed by atoms with Gasteiger partial charge in [0.25, 0.3) is 0 Å². The fourth-order valence-corrected chi connectivity index (χ4v) is 3.99. The Balaban J connectivity index is 1.60. The lowest BCUT2D eigenvalue weighted by Crippen LogP contribution is -2.42. The van der Waals surface area contributed by atoms with Gasteiger partial charge in [0.05, 0.1) is 6.10 Å². The van der Waals surface area contributed by atoms with E-state index < -0.39 is 0 Å². The van der Waals surface area contributed by atoms with Crippen LogP contribution >= 0.6 is 0 Å². The summed E-state index contributed by atoms with van der Waals surface area (Å²) in [5.41, 5.74) is 0.449. The summed E-state index contributed by atoms with van der Waals surface area (Å²) in [7, 11) is 0. The molecule has 0 aromatic heterocycles. The fourth-order valence-electron chi connectivity index (χ4n) is 3.99. The summed E-state index contributed by atoms with van der Waals surface area (Å²) in [6.45, 7) is 4.50. The number of hydrogen-bond acceptors (Lipinski definition) is 2. The lowest BCUT2D eigenvalue weighted by Gasteiger charge is -2.37. The van der Waals surface area contributed by atoms with Crippen molar-refractivity contribution in [1.29, 1.82) is 0 Å². The third kappa shape index (κ3) is 2.91. The maximum Gasteiger partial charge on any atom is 0.0616 e. The van der Waals surface area contributed by atoms with E-state index in [-0.39, 0.29) is 0 Å². The first-order valence-electron chi connectivity index (χ1n) is 8.13. The molecule has 2 heteroatoms. The van der Waals surface area contributed by atoms with Crippen LogP contribution in [-0.2, 0) is 4.74 Å². The van der Waals surface area contributed by atoms with Gasteiger partial charge in [0, 0.05) is 24.6 Å². The molecule has 18 heavy (non-hydrogen) atoms. The maximum atomic E-state index is 5.92. The second-order valence-corrected chi connectivity index (χ2v) is 6.99. The second-order valence-electron chi connectivity index (χ2n) is 6.99. The summed E-state index contributed by atoms with van der Waals surface area (Å²) in [4.78, 5) is 0. The lowest BCUT2D eigenvalue weighted by molar-refractivity contribution is 0.0448. The number of hydrogen-bond donors (Lipinski definition) is 1. The highest BCUT2D eigenvalue weighted by Gasteiger charge is 2.43. The van der Waals surface area contributed by atoms with E-state index in [4.69, 9.17) is 4.74 Å².